The van der Waals surface area contributed by atoms with Crippen LogP contribution in [0.3, 0.4) is 0 Å². The highest BCUT2D eigenvalue weighted by Crippen LogP contribution is 2.33. The first kappa shape index (κ1) is 13.4. The van der Waals surface area contributed by atoms with Crippen LogP contribution in [0.15, 0.2) is 23.1 Å². The topological polar surface area (TPSA) is 98.2 Å². The Bertz CT molecular complexity index is 728. The normalized spacial score (nSPS) is 11.7. The molecule has 0 bridgehead atoms. The number of phenols is 1. The van der Waals surface area contributed by atoms with Gasteiger partial charge in [0.05, 0.1) is 10.6 Å². The van der Waals surface area contributed by atoms with Crippen molar-refractivity contribution in [2.24, 2.45) is 7.05 Å². The molecule has 0 radical (unpaired) electrons. The predicted molar refractivity (Wildman–Crippen MR) is 72.6 cm³/mol. The van der Waals surface area contributed by atoms with Crippen molar-refractivity contribution in [3.8, 4) is 17.0 Å². The van der Waals surface area contributed by atoms with Gasteiger partial charge in [0, 0.05) is 24.9 Å². The molecule has 0 aliphatic heterocycles. The van der Waals surface area contributed by atoms with Crippen molar-refractivity contribution in [2.75, 3.05) is 12.0 Å². The highest BCUT2D eigenvalue weighted by molar-refractivity contribution is 7.90. The van der Waals surface area contributed by atoms with Crippen molar-refractivity contribution in [1.82, 2.24) is 9.78 Å². The summed E-state index contributed by atoms with van der Waals surface area (Å²) in [5.74, 6) is 0.432. The molecule has 0 spiro atoms. The van der Waals surface area contributed by atoms with E-state index in [2.05, 4.69) is 5.10 Å². The first-order valence-electron chi connectivity index (χ1n) is 5.53. The number of rotatable bonds is 2. The molecule has 0 saturated carbocycles. The summed E-state index contributed by atoms with van der Waals surface area (Å²) < 4.78 is 25.1. The van der Waals surface area contributed by atoms with Gasteiger partial charge in [0.2, 0.25) is 0 Å². The zero-order chi connectivity index (χ0) is 14.4. The van der Waals surface area contributed by atoms with Gasteiger partial charge in [0.25, 0.3) is 0 Å². The Hall–Kier alpha value is -2.02. The Kier molecular flexibility index (Phi) is 3.01. The van der Waals surface area contributed by atoms with Crippen molar-refractivity contribution in [3.05, 3.63) is 23.8 Å². The van der Waals surface area contributed by atoms with Gasteiger partial charge in [0.15, 0.2) is 9.84 Å². The predicted octanol–water partition coefficient (Wildman–Crippen LogP) is 1.09. The minimum atomic E-state index is -3.43. The first-order chi connectivity index (χ1) is 8.70. The molecule has 2 rings (SSSR count). The smallest absolute Gasteiger partial charge is 0.176 e. The van der Waals surface area contributed by atoms with E-state index >= 15 is 0 Å². The number of phenolic OH excluding ortho intramolecular Hbond substituents is 1. The molecule has 0 fully saturated rings. The Balaban J connectivity index is 2.78. The molecule has 7 heteroatoms. The number of nitrogens with two attached hydrogens (primary N) is 1. The van der Waals surface area contributed by atoms with Crippen LogP contribution in [-0.4, -0.2) is 29.6 Å². The number of nitrogen functional groups attached to an aromatic ring is 1. The third-order valence-electron chi connectivity index (χ3n) is 2.89. The molecule has 19 heavy (non-hydrogen) atoms. The summed E-state index contributed by atoms with van der Waals surface area (Å²) in [6.45, 7) is 1.64. The summed E-state index contributed by atoms with van der Waals surface area (Å²) in [6, 6.07) is 4.40. The maximum atomic E-state index is 11.8. The molecule has 0 unspecified atom stereocenters. The average Bonchev–Trinajstić information content (AvgIpc) is 2.61. The van der Waals surface area contributed by atoms with E-state index in [0.717, 1.165) is 6.26 Å². The Morgan fingerprint density at radius 1 is 1.32 bits per heavy atom. The number of benzene rings is 1. The van der Waals surface area contributed by atoms with Crippen LogP contribution in [0.25, 0.3) is 11.3 Å². The van der Waals surface area contributed by atoms with E-state index in [1.165, 1.54) is 16.8 Å². The number of hydrogen-bond donors (Lipinski definition) is 2. The maximum absolute atomic E-state index is 11.8. The standard InChI is InChI=1S/C12H15N3O3S/c1-7-4-11(19(3,17)18)8(5-10(7)16)9-6-12(13)15(2)14-9/h4-6,16H,13H2,1-3H3. The van der Waals surface area contributed by atoms with Crippen molar-refractivity contribution >= 4 is 15.7 Å². The van der Waals surface area contributed by atoms with Crippen LogP contribution in [0, 0.1) is 6.92 Å². The lowest BCUT2D eigenvalue weighted by Gasteiger charge is -2.08. The fourth-order valence-electron chi connectivity index (χ4n) is 1.79. The monoisotopic (exact) mass is 281 g/mol. The third-order valence-corrected chi connectivity index (χ3v) is 4.03. The van der Waals surface area contributed by atoms with E-state index in [-0.39, 0.29) is 10.6 Å². The fourth-order valence-corrected chi connectivity index (χ4v) is 2.74. The quantitative estimate of drug-likeness (QED) is 0.858. The SMILES string of the molecule is Cc1cc(S(C)(=O)=O)c(-c2cc(N)n(C)n2)cc1O. The minimum Gasteiger partial charge on any atom is -0.508 e. The van der Waals surface area contributed by atoms with E-state index in [4.69, 9.17) is 5.73 Å². The summed E-state index contributed by atoms with van der Waals surface area (Å²) >= 11 is 0. The fraction of sp³-hybridized carbons (Fsp3) is 0.250. The molecule has 0 aliphatic carbocycles. The van der Waals surface area contributed by atoms with Crippen LogP contribution in [-0.2, 0) is 16.9 Å². The molecular weight excluding hydrogens is 266 g/mol. The molecule has 0 saturated heterocycles. The molecule has 1 heterocycles. The molecule has 0 atom stereocenters. The molecule has 0 aliphatic rings. The molecule has 0 amide bonds. The highest BCUT2D eigenvalue weighted by Gasteiger charge is 2.19. The molecule has 6 nitrogen and oxygen atoms in total. The van der Waals surface area contributed by atoms with Crippen molar-refractivity contribution in [3.63, 3.8) is 0 Å². The van der Waals surface area contributed by atoms with Crippen LogP contribution < -0.4 is 5.73 Å². The van der Waals surface area contributed by atoms with E-state index in [1.807, 2.05) is 0 Å². The van der Waals surface area contributed by atoms with E-state index in [9.17, 15) is 13.5 Å². The average molecular weight is 281 g/mol. The van der Waals surface area contributed by atoms with Crippen LogP contribution >= 0.6 is 0 Å². The van der Waals surface area contributed by atoms with Crippen LogP contribution in [0.5, 0.6) is 5.75 Å². The number of sulfone groups is 1. The molecule has 3 N–H and O–H groups in total. The molecule has 1 aromatic heterocycles. The van der Waals surface area contributed by atoms with Gasteiger partial charge < -0.3 is 10.8 Å². The Labute approximate surface area is 111 Å². The zero-order valence-corrected chi connectivity index (χ0v) is 11.7. The van der Waals surface area contributed by atoms with Gasteiger partial charge in [-0.2, -0.15) is 5.10 Å². The Morgan fingerprint density at radius 2 is 1.95 bits per heavy atom. The van der Waals surface area contributed by atoms with Gasteiger partial charge >= 0.3 is 0 Å². The largest absolute Gasteiger partial charge is 0.508 e. The Morgan fingerprint density at radius 3 is 2.42 bits per heavy atom. The van der Waals surface area contributed by atoms with Gasteiger partial charge in [-0.15, -0.1) is 0 Å². The molecule has 2 aromatic rings. The third kappa shape index (κ3) is 2.41. The number of hydrogen-bond acceptors (Lipinski definition) is 5. The summed E-state index contributed by atoms with van der Waals surface area (Å²) in [4.78, 5) is 0.126. The summed E-state index contributed by atoms with van der Waals surface area (Å²) in [5.41, 5.74) is 6.95. The summed E-state index contributed by atoms with van der Waals surface area (Å²) in [5, 5.41) is 13.9. The second kappa shape index (κ2) is 4.27. The minimum absolute atomic E-state index is 0.0200. The maximum Gasteiger partial charge on any atom is 0.176 e. The van der Waals surface area contributed by atoms with Gasteiger partial charge in [-0.05, 0) is 24.6 Å². The van der Waals surface area contributed by atoms with Crippen molar-refractivity contribution < 1.29 is 13.5 Å². The highest BCUT2D eigenvalue weighted by atomic mass is 32.2. The van der Waals surface area contributed by atoms with Crippen LogP contribution in [0.1, 0.15) is 5.56 Å². The summed E-state index contributed by atoms with van der Waals surface area (Å²) in [7, 11) is -1.77. The first-order valence-corrected chi connectivity index (χ1v) is 7.43. The number of aromatic nitrogens is 2. The van der Waals surface area contributed by atoms with Gasteiger partial charge in [-0.3, -0.25) is 4.68 Å². The second-order valence-corrected chi connectivity index (χ2v) is 6.47. The number of nitrogens with zero attached hydrogens (tertiary/aromatic N) is 2. The lowest BCUT2D eigenvalue weighted by Crippen LogP contribution is -2.01. The van der Waals surface area contributed by atoms with Gasteiger partial charge in [-0.1, -0.05) is 0 Å². The lowest BCUT2D eigenvalue weighted by atomic mass is 10.1. The number of aryl methyl sites for hydroxylation is 2. The number of aromatic hydroxyl groups is 1. The van der Waals surface area contributed by atoms with Crippen molar-refractivity contribution in [2.45, 2.75) is 11.8 Å². The van der Waals surface area contributed by atoms with Crippen molar-refractivity contribution in [1.29, 1.82) is 0 Å². The van der Waals surface area contributed by atoms with Gasteiger partial charge in [0.1, 0.15) is 11.6 Å². The van der Waals surface area contributed by atoms with Crippen LogP contribution in [0.2, 0.25) is 0 Å². The van der Waals surface area contributed by atoms with E-state index in [0.29, 0.717) is 22.6 Å². The summed E-state index contributed by atoms with van der Waals surface area (Å²) in [6.07, 6.45) is 1.12. The van der Waals surface area contributed by atoms with Crippen LogP contribution in [0.4, 0.5) is 5.82 Å². The van der Waals surface area contributed by atoms with E-state index in [1.54, 1.807) is 20.0 Å². The second-order valence-electron chi connectivity index (χ2n) is 4.49. The zero-order valence-electron chi connectivity index (χ0n) is 10.9. The molecule has 102 valence electrons. The molecule has 1 aromatic carbocycles. The van der Waals surface area contributed by atoms with Gasteiger partial charge in [-0.25, -0.2) is 8.42 Å². The van der Waals surface area contributed by atoms with E-state index < -0.39 is 9.84 Å². The lowest BCUT2D eigenvalue weighted by molar-refractivity contribution is 0.470. The number of anilines is 1. The molecular formula is C12H15N3O3S.